The van der Waals surface area contributed by atoms with Gasteiger partial charge in [0.25, 0.3) is 17.1 Å². The van der Waals surface area contributed by atoms with E-state index >= 15 is 0 Å². The van der Waals surface area contributed by atoms with Crippen LogP contribution in [0.15, 0.2) is 89.8 Å². The van der Waals surface area contributed by atoms with Crippen LogP contribution in [0.3, 0.4) is 0 Å². The van der Waals surface area contributed by atoms with Crippen molar-refractivity contribution in [1.82, 2.24) is 9.80 Å². The maximum atomic E-state index is 12.7. The monoisotopic (exact) mass is 442 g/mol. The summed E-state index contributed by atoms with van der Waals surface area (Å²) in [5.74, 6) is -0.379. The molecule has 3 amide bonds. The standard InChI is InChI=1S/C26H22N2O3S/c1-27(17-20-8-4-2-5-9-20)24(29)22-14-12-19(13-15-22)16-23-25(30)28(26(31)32-23)18-21-10-6-3-7-11-21/h2-16H,17-18H2,1H3. The van der Waals surface area contributed by atoms with Gasteiger partial charge in [-0.2, -0.15) is 0 Å². The Bertz CT molecular complexity index is 1160. The van der Waals surface area contributed by atoms with Gasteiger partial charge in [0.2, 0.25) is 0 Å². The van der Waals surface area contributed by atoms with Crippen molar-refractivity contribution in [2.45, 2.75) is 13.1 Å². The third kappa shape index (κ3) is 4.98. The molecule has 1 saturated heterocycles. The molecular weight excluding hydrogens is 420 g/mol. The third-order valence-electron chi connectivity index (χ3n) is 5.12. The molecule has 0 atom stereocenters. The number of benzene rings is 3. The van der Waals surface area contributed by atoms with Gasteiger partial charge in [0, 0.05) is 19.2 Å². The molecule has 0 N–H and O–H groups in total. The summed E-state index contributed by atoms with van der Waals surface area (Å²) in [5.41, 5.74) is 3.29. The van der Waals surface area contributed by atoms with E-state index in [9.17, 15) is 14.4 Å². The number of nitrogens with zero attached hydrogens (tertiary/aromatic N) is 2. The van der Waals surface area contributed by atoms with Gasteiger partial charge in [0.15, 0.2) is 0 Å². The first kappa shape index (κ1) is 21.6. The van der Waals surface area contributed by atoms with Crippen molar-refractivity contribution < 1.29 is 14.4 Å². The highest BCUT2D eigenvalue weighted by atomic mass is 32.2. The summed E-state index contributed by atoms with van der Waals surface area (Å²) in [6.45, 7) is 0.778. The van der Waals surface area contributed by atoms with E-state index in [1.54, 1.807) is 42.3 Å². The van der Waals surface area contributed by atoms with Crippen molar-refractivity contribution in [2.24, 2.45) is 0 Å². The van der Waals surface area contributed by atoms with Crippen LogP contribution in [0, 0.1) is 0 Å². The Labute approximate surface area is 191 Å². The van der Waals surface area contributed by atoms with E-state index in [2.05, 4.69) is 0 Å². The molecule has 1 aliphatic heterocycles. The predicted octanol–water partition coefficient (Wildman–Crippen LogP) is 5.20. The normalized spacial score (nSPS) is 14.8. The molecule has 0 unspecified atom stereocenters. The highest BCUT2D eigenvalue weighted by Crippen LogP contribution is 2.33. The van der Waals surface area contributed by atoms with Gasteiger partial charge >= 0.3 is 0 Å². The van der Waals surface area contributed by atoms with E-state index < -0.39 is 0 Å². The first-order valence-corrected chi connectivity index (χ1v) is 11.0. The zero-order valence-corrected chi connectivity index (χ0v) is 18.4. The van der Waals surface area contributed by atoms with Gasteiger partial charge in [0.05, 0.1) is 11.4 Å². The number of carbonyl (C=O) groups excluding carboxylic acids is 3. The summed E-state index contributed by atoms with van der Waals surface area (Å²) < 4.78 is 0. The Morgan fingerprint density at radius 3 is 2.09 bits per heavy atom. The molecule has 6 heteroatoms. The average Bonchev–Trinajstić information content (AvgIpc) is 3.07. The van der Waals surface area contributed by atoms with Crippen molar-refractivity contribution in [3.8, 4) is 0 Å². The summed E-state index contributed by atoms with van der Waals surface area (Å²) in [6, 6.07) is 26.3. The highest BCUT2D eigenvalue weighted by Gasteiger charge is 2.34. The zero-order valence-electron chi connectivity index (χ0n) is 17.6. The molecule has 0 bridgehead atoms. The SMILES string of the molecule is CN(Cc1ccccc1)C(=O)c1ccc(C=C2SC(=O)N(Cc3ccccc3)C2=O)cc1. The van der Waals surface area contributed by atoms with E-state index in [0.717, 1.165) is 28.5 Å². The van der Waals surface area contributed by atoms with Crippen molar-refractivity contribution in [1.29, 1.82) is 0 Å². The maximum absolute atomic E-state index is 12.7. The van der Waals surface area contributed by atoms with E-state index in [-0.39, 0.29) is 23.6 Å². The van der Waals surface area contributed by atoms with Crippen molar-refractivity contribution in [3.05, 3.63) is 112 Å². The number of hydrogen-bond donors (Lipinski definition) is 0. The topological polar surface area (TPSA) is 57.7 Å². The molecule has 0 aliphatic carbocycles. The van der Waals surface area contributed by atoms with Gasteiger partial charge in [-0.1, -0.05) is 72.8 Å². The van der Waals surface area contributed by atoms with Gasteiger partial charge in [-0.25, -0.2) is 0 Å². The van der Waals surface area contributed by atoms with Crippen LogP contribution in [-0.2, 0) is 17.9 Å². The molecule has 3 aromatic rings. The van der Waals surface area contributed by atoms with Gasteiger partial charge in [0.1, 0.15) is 0 Å². The van der Waals surface area contributed by atoms with E-state index in [4.69, 9.17) is 0 Å². The number of rotatable bonds is 6. The molecule has 0 radical (unpaired) electrons. The molecule has 32 heavy (non-hydrogen) atoms. The summed E-state index contributed by atoms with van der Waals surface area (Å²) in [7, 11) is 1.77. The van der Waals surface area contributed by atoms with Crippen LogP contribution >= 0.6 is 11.8 Å². The Kier molecular flexibility index (Phi) is 6.52. The number of imide groups is 1. The molecule has 160 valence electrons. The fraction of sp³-hybridized carbons (Fsp3) is 0.115. The fourth-order valence-corrected chi connectivity index (χ4v) is 4.26. The molecule has 0 saturated carbocycles. The first-order valence-electron chi connectivity index (χ1n) is 10.2. The van der Waals surface area contributed by atoms with Gasteiger partial charge in [-0.3, -0.25) is 19.3 Å². The van der Waals surface area contributed by atoms with E-state index in [0.29, 0.717) is 17.0 Å². The van der Waals surface area contributed by atoms with Crippen molar-refractivity contribution >= 4 is 34.9 Å². The third-order valence-corrected chi connectivity index (χ3v) is 6.03. The molecule has 5 nitrogen and oxygen atoms in total. The second kappa shape index (κ2) is 9.66. The summed E-state index contributed by atoms with van der Waals surface area (Å²) in [6.07, 6.45) is 1.69. The summed E-state index contributed by atoms with van der Waals surface area (Å²) in [5, 5.41) is -0.278. The zero-order chi connectivity index (χ0) is 22.5. The highest BCUT2D eigenvalue weighted by molar-refractivity contribution is 8.18. The van der Waals surface area contributed by atoms with Crippen LogP contribution in [0.25, 0.3) is 6.08 Å². The second-order valence-corrected chi connectivity index (χ2v) is 8.52. The Hall–Kier alpha value is -3.64. The van der Waals surface area contributed by atoms with E-state index in [1.807, 2.05) is 60.7 Å². The number of amides is 3. The molecular formula is C26H22N2O3S. The van der Waals surface area contributed by atoms with Gasteiger partial charge < -0.3 is 4.90 Å². The second-order valence-electron chi connectivity index (χ2n) is 7.52. The van der Waals surface area contributed by atoms with Crippen LogP contribution in [0.2, 0.25) is 0 Å². The Morgan fingerprint density at radius 2 is 1.47 bits per heavy atom. The lowest BCUT2D eigenvalue weighted by atomic mass is 10.1. The predicted molar refractivity (Wildman–Crippen MR) is 127 cm³/mol. The van der Waals surface area contributed by atoms with Crippen LogP contribution in [0.1, 0.15) is 27.0 Å². The summed E-state index contributed by atoms with van der Waals surface area (Å²) >= 11 is 0.936. The number of carbonyl (C=O) groups is 3. The molecule has 1 aliphatic rings. The van der Waals surface area contributed by atoms with Crippen molar-refractivity contribution in [3.63, 3.8) is 0 Å². The maximum Gasteiger partial charge on any atom is 0.293 e. The van der Waals surface area contributed by atoms with Gasteiger partial charge in [-0.05, 0) is 46.7 Å². The molecule has 4 rings (SSSR count). The molecule has 1 fully saturated rings. The van der Waals surface area contributed by atoms with Crippen molar-refractivity contribution in [2.75, 3.05) is 7.05 Å². The summed E-state index contributed by atoms with van der Waals surface area (Å²) in [4.78, 5) is 41.1. The molecule has 3 aromatic carbocycles. The van der Waals surface area contributed by atoms with Crippen LogP contribution < -0.4 is 0 Å². The lowest BCUT2D eigenvalue weighted by molar-refractivity contribution is -0.123. The first-order chi connectivity index (χ1) is 15.5. The number of hydrogen-bond acceptors (Lipinski definition) is 4. The van der Waals surface area contributed by atoms with Crippen LogP contribution in [0.4, 0.5) is 4.79 Å². The minimum absolute atomic E-state index is 0.0800. The quantitative estimate of drug-likeness (QED) is 0.493. The average molecular weight is 443 g/mol. The molecule has 0 aromatic heterocycles. The lowest BCUT2D eigenvalue weighted by Gasteiger charge is -2.17. The van der Waals surface area contributed by atoms with Crippen LogP contribution in [0.5, 0.6) is 0 Å². The Balaban J connectivity index is 1.43. The van der Waals surface area contributed by atoms with E-state index in [1.165, 1.54) is 4.90 Å². The lowest BCUT2D eigenvalue weighted by Crippen LogP contribution is -2.27. The molecule has 0 spiro atoms. The van der Waals surface area contributed by atoms with Gasteiger partial charge in [-0.15, -0.1) is 0 Å². The fourth-order valence-electron chi connectivity index (χ4n) is 3.43. The smallest absolute Gasteiger partial charge is 0.293 e. The largest absolute Gasteiger partial charge is 0.337 e. The minimum Gasteiger partial charge on any atom is -0.337 e. The van der Waals surface area contributed by atoms with Crippen LogP contribution in [-0.4, -0.2) is 33.9 Å². The number of thioether (sulfide) groups is 1. The Morgan fingerprint density at radius 1 is 0.875 bits per heavy atom. The molecule has 1 heterocycles. The minimum atomic E-state index is -0.299.